The van der Waals surface area contributed by atoms with E-state index in [4.69, 9.17) is 0 Å². The van der Waals surface area contributed by atoms with Crippen LogP contribution in [0.4, 0.5) is 32.3 Å². The largest absolute Gasteiger partial charge is 0.323 e. The van der Waals surface area contributed by atoms with Gasteiger partial charge in [-0.15, -0.1) is 0 Å². The standard InChI is InChI=1S/C21H18Br2N4O2/c1-13-10-11-14(24-20(28)25-17-8-4-2-6-15(17)22)12-19(13)27-21(29)26-18-9-5-3-7-16(18)23/h2-12H,1H3,(H2,24,25,28)(H2,26,27,29). The molecule has 4 N–H and O–H groups in total. The summed E-state index contributed by atoms with van der Waals surface area (Å²) in [5.41, 5.74) is 3.32. The smallest absolute Gasteiger partial charge is 0.308 e. The lowest BCUT2D eigenvalue weighted by molar-refractivity contribution is 0.261. The molecular weight excluding hydrogens is 500 g/mol. The molecule has 148 valence electrons. The minimum Gasteiger partial charge on any atom is -0.308 e. The van der Waals surface area contributed by atoms with E-state index in [0.717, 1.165) is 14.5 Å². The highest BCUT2D eigenvalue weighted by Gasteiger charge is 2.10. The van der Waals surface area contributed by atoms with E-state index in [1.165, 1.54) is 0 Å². The molecule has 4 amide bonds. The number of hydrogen-bond donors (Lipinski definition) is 4. The van der Waals surface area contributed by atoms with Gasteiger partial charge in [0.25, 0.3) is 0 Å². The third kappa shape index (κ3) is 5.82. The van der Waals surface area contributed by atoms with Crippen molar-refractivity contribution in [3.8, 4) is 0 Å². The predicted octanol–water partition coefficient (Wildman–Crippen LogP) is 6.81. The molecule has 3 aromatic rings. The van der Waals surface area contributed by atoms with Gasteiger partial charge in [-0.3, -0.25) is 0 Å². The number of anilines is 4. The SMILES string of the molecule is Cc1ccc(NC(=O)Nc2ccccc2Br)cc1NC(=O)Nc1ccccc1Br. The summed E-state index contributed by atoms with van der Waals surface area (Å²) in [4.78, 5) is 24.6. The van der Waals surface area contributed by atoms with Gasteiger partial charge in [0, 0.05) is 20.3 Å². The Kier molecular flexibility index (Phi) is 6.90. The van der Waals surface area contributed by atoms with Gasteiger partial charge in [-0.05, 0) is 80.7 Å². The molecule has 0 atom stereocenters. The Balaban J connectivity index is 1.66. The molecule has 0 aromatic heterocycles. The molecule has 0 bridgehead atoms. The van der Waals surface area contributed by atoms with Gasteiger partial charge in [-0.25, -0.2) is 9.59 Å². The Morgan fingerprint density at radius 2 is 1.14 bits per heavy atom. The molecule has 6 nitrogen and oxygen atoms in total. The number of carbonyl (C=O) groups is 2. The zero-order chi connectivity index (χ0) is 20.8. The van der Waals surface area contributed by atoms with E-state index in [9.17, 15) is 9.59 Å². The number of para-hydroxylation sites is 2. The second-order valence-electron chi connectivity index (χ2n) is 6.15. The lowest BCUT2D eigenvalue weighted by atomic mass is 10.2. The van der Waals surface area contributed by atoms with E-state index in [1.807, 2.05) is 49.4 Å². The van der Waals surface area contributed by atoms with Crippen molar-refractivity contribution >= 4 is 66.7 Å². The summed E-state index contributed by atoms with van der Waals surface area (Å²) in [6, 6.07) is 19.2. The van der Waals surface area contributed by atoms with E-state index >= 15 is 0 Å². The first-order valence-corrected chi connectivity index (χ1v) is 10.3. The third-order valence-electron chi connectivity index (χ3n) is 3.99. The maximum atomic E-state index is 12.4. The maximum Gasteiger partial charge on any atom is 0.323 e. The van der Waals surface area contributed by atoms with Crippen LogP contribution in [0.1, 0.15) is 5.56 Å². The summed E-state index contributed by atoms with van der Waals surface area (Å²) in [5, 5.41) is 11.1. The highest BCUT2D eigenvalue weighted by molar-refractivity contribution is 9.11. The van der Waals surface area contributed by atoms with Crippen LogP contribution in [0.3, 0.4) is 0 Å². The molecule has 0 unspecified atom stereocenters. The van der Waals surface area contributed by atoms with Crippen LogP contribution in [0, 0.1) is 6.92 Å². The van der Waals surface area contributed by atoms with Crippen LogP contribution in [0.2, 0.25) is 0 Å². The summed E-state index contributed by atoms with van der Waals surface area (Å²) in [7, 11) is 0. The highest BCUT2D eigenvalue weighted by Crippen LogP contribution is 2.24. The first kappa shape index (κ1) is 20.9. The topological polar surface area (TPSA) is 82.3 Å². The molecule has 0 heterocycles. The van der Waals surface area contributed by atoms with Crippen molar-refractivity contribution in [2.45, 2.75) is 6.92 Å². The predicted molar refractivity (Wildman–Crippen MR) is 125 cm³/mol. The van der Waals surface area contributed by atoms with Crippen molar-refractivity contribution in [1.82, 2.24) is 0 Å². The van der Waals surface area contributed by atoms with Crippen LogP contribution < -0.4 is 21.3 Å². The van der Waals surface area contributed by atoms with Gasteiger partial charge in [0.2, 0.25) is 0 Å². The van der Waals surface area contributed by atoms with Gasteiger partial charge in [0.05, 0.1) is 11.4 Å². The van der Waals surface area contributed by atoms with Crippen molar-refractivity contribution in [2.24, 2.45) is 0 Å². The van der Waals surface area contributed by atoms with Crippen molar-refractivity contribution in [1.29, 1.82) is 0 Å². The number of benzene rings is 3. The quantitative estimate of drug-likeness (QED) is 0.306. The molecule has 0 fully saturated rings. The van der Waals surface area contributed by atoms with Gasteiger partial charge in [-0.2, -0.15) is 0 Å². The molecule has 0 saturated heterocycles. The fraction of sp³-hybridized carbons (Fsp3) is 0.0476. The molecule has 29 heavy (non-hydrogen) atoms. The first-order chi connectivity index (χ1) is 13.9. The minimum absolute atomic E-state index is 0.380. The minimum atomic E-state index is -0.385. The number of urea groups is 2. The van der Waals surface area contributed by atoms with E-state index in [0.29, 0.717) is 22.7 Å². The lowest BCUT2D eigenvalue weighted by Gasteiger charge is -2.13. The number of aryl methyl sites for hydroxylation is 1. The third-order valence-corrected chi connectivity index (χ3v) is 5.37. The molecule has 0 aliphatic heterocycles. The van der Waals surface area contributed by atoms with Gasteiger partial charge < -0.3 is 21.3 Å². The normalized spacial score (nSPS) is 10.2. The summed E-state index contributed by atoms with van der Waals surface area (Å²) in [6.45, 7) is 1.87. The summed E-state index contributed by atoms with van der Waals surface area (Å²) in [6.07, 6.45) is 0. The van der Waals surface area contributed by atoms with Crippen LogP contribution in [0.15, 0.2) is 75.7 Å². The Labute approximate surface area is 185 Å². The molecule has 0 aliphatic rings. The highest BCUT2D eigenvalue weighted by atomic mass is 79.9. The summed E-state index contributed by atoms with van der Waals surface area (Å²) >= 11 is 6.79. The number of rotatable bonds is 4. The second kappa shape index (κ2) is 9.58. The van der Waals surface area contributed by atoms with Gasteiger partial charge >= 0.3 is 12.1 Å². The average molecular weight is 518 g/mol. The molecule has 0 saturated carbocycles. The van der Waals surface area contributed by atoms with Crippen LogP contribution >= 0.6 is 31.9 Å². The number of nitrogens with one attached hydrogen (secondary N) is 4. The van der Waals surface area contributed by atoms with E-state index in [2.05, 4.69) is 53.1 Å². The number of carbonyl (C=O) groups excluding carboxylic acids is 2. The number of halogens is 2. The van der Waals surface area contributed by atoms with Crippen molar-refractivity contribution in [3.05, 3.63) is 81.2 Å². The van der Waals surface area contributed by atoms with Crippen LogP contribution in [-0.2, 0) is 0 Å². The fourth-order valence-electron chi connectivity index (χ4n) is 2.52. The maximum absolute atomic E-state index is 12.4. The summed E-state index contributed by atoms with van der Waals surface area (Å²) < 4.78 is 1.57. The van der Waals surface area contributed by atoms with E-state index in [1.54, 1.807) is 24.3 Å². The molecule has 8 heteroatoms. The Hall–Kier alpha value is -2.84. The van der Waals surface area contributed by atoms with E-state index in [-0.39, 0.29) is 12.1 Å². The van der Waals surface area contributed by atoms with Gasteiger partial charge in [-0.1, -0.05) is 30.3 Å². The molecule has 3 rings (SSSR count). The second-order valence-corrected chi connectivity index (χ2v) is 7.86. The van der Waals surface area contributed by atoms with Crippen LogP contribution in [-0.4, -0.2) is 12.1 Å². The van der Waals surface area contributed by atoms with Gasteiger partial charge in [0.1, 0.15) is 0 Å². The van der Waals surface area contributed by atoms with Crippen LogP contribution in [0.25, 0.3) is 0 Å². The molecule has 0 spiro atoms. The zero-order valence-corrected chi connectivity index (χ0v) is 18.6. The van der Waals surface area contributed by atoms with Crippen molar-refractivity contribution < 1.29 is 9.59 Å². The van der Waals surface area contributed by atoms with Crippen molar-refractivity contribution in [2.75, 3.05) is 21.3 Å². The van der Waals surface area contributed by atoms with Crippen LogP contribution in [0.5, 0.6) is 0 Å². The molecule has 0 aliphatic carbocycles. The Morgan fingerprint density at radius 3 is 1.69 bits per heavy atom. The van der Waals surface area contributed by atoms with Crippen molar-refractivity contribution in [3.63, 3.8) is 0 Å². The lowest BCUT2D eigenvalue weighted by Crippen LogP contribution is -2.21. The Bertz CT molecular complexity index is 1060. The molecule has 3 aromatic carbocycles. The fourth-order valence-corrected chi connectivity index (χ4v) is 3.29. The Morgan fingerprint density at radius 1 is 0.655 bits per heavy atom. The molecular formula is C21H18Br2N4O2. The first-order valence-electron chi connectivity index (χ1n) is 8.68. The summed E-state index contributed by atoms with van der Waals surface area (Å²) in [5.74, 6) is 0. The number of amides is 4. The van der Waals surface area contributed by atoms with E-state index < -0.39 is 0 Å². The average Bonchev–Trinajstić information content (AvgIpc) is 2.68. The van der Waals surface area contributed by atoms with Gasteiger partial charge in [0.15, 0.2) is 0 Å². The zero-order valence-electron chi connectivity index (χ0n) is 15.4. The monoisotopic (exact) mass is 516 g/mol. The molecule has 0 radical (unpaired) electrons. The number of hydrogen-bond acceptors (Lipinski definition) is 2.